The number of amides is 1. The van der Waals surface area contributed by atoms with Crippen molar-refractivity contribution >= 4 is 23.5 Å². The van der Waals surface area contributed by atoms with Crippen molar-refractivity contribution in [2.75, 3.05) is 6.54 Å². The number of carboxylic acid groups (broad SMARTS) is 1. The summed E-state index contributed by atoms with van der Waals surface area (Å²) in [5.41, 5.74) is 1.02. The Hall–Kier alpha value is -3.52. The number of fused-ring (bicyclic) bond motifs is 1. The third-order valence-electron chi connectivity index (χ3n) is 6.32. The summed E-state index contributed by atoms with van der Waals surface area (Å²) < 4.78 is 45.6. The van der Waals surface area contributed by atoms with Gasteiger partial charge in [0, 0.05) is 23.6 Å². The van der Waals surface area contributed by atoms with Crippen molar-refractivity contribution in [3.8, 4) is 5.75 Å². The summed E-state index contributed by atoms with van der Waals surface area (Å²) in [5, 5.41) is 9.98. The number of aliphatic carboxylic acids is 1. The third-order valence-corrected chi connectivity index (χ3v) is 6.57. The maximum atomic E-state index is 13.2. The summed E-state index contributed by atoms with van der Waals surface area (Å²) >= 11 is 5.98. The van der Waals surface area contributed by atoms with Crippen molar-refractivity contribution in [1.82, 2.24) is 4.90 Å². The van der Waals surface area contributed by atoms with Gasteiger partial charge in [0.05, 0.1) is 5.56 Å². The Labute approximate surface area is 217 Å². The van der Waals surface area contributed by atoms with Crippen LogP contribution >= 0.6 is 11.6 Å². The fourth-order valence-corrected chi connectivity index (χ4v) is 4.62. The zero-order valence-electron chi connectivity index (χ0n) is 20.0. The molecule has 1 N–H and O–H groups in total. The van der Waals surface area contributed by atoms with E-state index in [9.17, 15) is 27.9 Å². The highest BCUT2D eigenvalue weighted by Crippen LogP contribution is 2.36. The van der Waals surface area contributed by atoms with Gasteiger partial charge in [-0.3, -0.25) is 9.59 Å². The van der Waals surface area contributed by atoms with E-state index >= 15 is 0 Å². The molecule has 0 saturated heterocycles. The second-order valence-corrected chi connectivity index (χ2v) is 9.87. The van der Waals surface area contributed by atoms with E-state index in [2.05, 4.69) is 0 Å². The Morgan fingerprint density at radius 1 is 1.05 bits per heavy atom. The van der Waals surface area contributed by atoms with Gasteiger partial charge < -0.3 is 14.7 Å². The summed E-state index contributed by atoms with van der Waals surface area (Å²) in [4.78, 5) is 25.7. The zero-order chi connectivity index (χ0) is 26.8. The molecule has 9 heteroatoms. The fourth-order valence-electron chi connectivity index (χ4n) is 4.49. The van der Waals surface area contributed by atoms with Gasteiger partial charge in [0.2, 0.25) is 0 Å². The molecule has 3 aromatic rings. The molecule has 0 bridgehead atoms. The molecule has 0 aromatic heterocycles. The Kier molecular flexibility index (Phi) is 7.50. The largest absolute Gasteiger partial charge is 0.487 e. The standard InChI is InChI=1S/C28H25ClF3NO4/c1-27(15-18-5-8-23(29)9-6-18)12-11-20-14-21(7-10-24(20)37-27)26(36)33(17-25(34)35)16-19-3-2-4-22(13-19)28(30,31)32/h2-10,13-14H,11-12,15-17H2,1H3,(H,34,35)/t27-/m1/s1. The first kappa shape index (κ1) is 26.5. The first-order chi connectivity index (χ1) is 17.4. The van der Waals surface area contributed by atoms with Crippen LogP contribution in [0.5, 0.6) is 5.75 Å². The molecule has 5 nitrogen and oxygen atoms in total. The molecule has 1 atom stereocenters. The zero-order valence-corrected chi connectivity index (χ0v) is 20.8. The molecule has 3 aromatic carbocycles. The number of aryl methyl sites for hydroxylation is 1. The molecule has 1 amide bonds. The van der Waals surface area contributed by atoms with Crippen LogP contribution in [0.25, 0.3) is 0 Å². The first-order valence-corrected chi connectivity index (χ1v) is 12.0. The number of benzene rings is 3. The molecule has 0 spiro atoms. The highest BCUT2D eigenvalue weighted by Gasteiger charge is 2.33. The van der Waals surface area contributed by atoms with Crippen molar-refractivity contribution in [3.05, 3.63) is 99.6 Å². The Bertz CT molecular complexity index is 1310. The number of ether oxygens (including phenoxy) is 1. The summed E-state index contributed by atoms with van der Waals surface area (Å²) in [5.74, 6) is -1.21. The van der Waals surface area contributed by atoms with Crippen molar-refractivity contribution in [2.24, 2.45) is 0 Å². The van der Waals surface area contributed by atoms with E-state index in [4.69, 9.17) is 16.3 Å². The maximum absolute atomic E-state index is 13.2. The molecule has 0 aliphatic carbocycles. The first-order valence-electron chi connectivity index (χ1n) is 11.7. The maximum Gasteiger partial charge on any atom is 0.416 e. The van der Waals surface area contributed by atoms with Gasteiger partial charge in [-0.15, -0.1) is 0 Å². The predicted molar refractivity (Wildman–Crippen MR) is 133 cm³/mol. The van der Waals surface area contributed by atoms with Gasteiger partial charge in [-0.25, -0.2) is 0 Å². The van der Waals surface area contributed by atoms with Crippen LogP contribution in [0.3, 0.4) is 0 Å². The quantitative estimate of drug-likeness (QED) is 0.382. The molecule has 1 aliphatic rings. The number of halogens is 4. The summed E-state index contributed by atoms with van der Waals surface area (Å²) in [6, 6.07) is 17.0. The topological polar surface area (TPSA) is 66.8 Å². The molecular weight excluding hydrogens is 507 g/mol. The molecule has 4 rings (SSSR count). The van der Waals surface area contributed by atoms with E-state index in [1.807, 2.05) is 31.2 Å². The molecule has 0 unspecified atom stereocenters. The van der Waals surface area contributed by atoms with Gasteiger partial charge in [0.1, 0.15) is 17.9 Å². The second-order valence-electron chi connectivity index (χ2n) is 9.43. The fraction of sp³-hybridized carbons (Fsp3) is 0.286. The predicted octanol–water partition coefficient (Wildman–Crippen LogP) is 6.41. The second kappa shape index (κ2) is 10.5. The van der Waals surface area contributed by atoms with E-state index in [0.717, 1.165) is 28.2 Å². The average molecular weight is 532 g/mol. The minimum Gasteiger partial charge on any atom is -0.487 e. The summed E-state index contributed by atoms with van der Waals surface area (Å²) in [6.45, 7) is 1.09. The van der Waals surface area contributed by atoms with Crippen molar-refractivity contribution in [3.63, 3.8) is 0 Å². The van der Waals surface area contributed by atoms with E-state index in [-0.39, 0.29) is 17.7 Å². The minimum atomic E-state index is -4.54. The summed E-state index contributed by atoms with van der Waals surface area (Å²) in [7, 11) is 0. The van der Waals surface area contributed by atoms with Crippen LogP contribution in [0.2, 0.25) is 5.02 Å². The molecule has 194 valence electrons. The smallest absolute Gasteiger partial charge is 0.416 e. The van der Waals surface area contributed by atoms with Crippen molar-refractivity contribution < 1.29 is 32.6 Å². The van der Waals surface area contributed by atoms with Crippen LogP contribution in [-0.2, 0) is 30.4 Å². The van der Waals surface area contributed by atoms with Crippen LogP contribution in [0, 0.1) is 0 Å². The Morgan fingerprint density at radius 3 is 2.46 bits per heavy atom. The van der Waals surface area contributed by atoms with Gasteiger partial charge >= 0.3 is 12.1 Å². The number of alkyl halides is 3. The van der Waals surface area contributed by atoms with Crippen LogP contribution in [0.15, 0.2) is 66.7 Å². The van der Waals surface area contributed by atoms with Crippen molar-refractivity contribution in [1.29, 1.82) is 0 Å². The summed E-state index contributed by atoms with van der Waals surface area (Å²) in [6.07, 6.45) is -2.53. The molecule has 1 aliphatic heterocycles. The van der Waals surface area contributed by atoms with Gasteiger partial charge in [-0.05, 0) is 78.9 Å². The number of nitrogens with zero attached hydrogens (tertiary/aromatic N) is 1. The van der Waals surface area contributed by atoms with Crippen LogP contribution in [0.1, 0.15) is 46.0 Å². The highest BCUT2D eigenvalue weighted by molar-refractivity contribution is 6.30. The normalized spacial score (nSPS) is 17.0. The number of hydrogen-bond donors (Lipinski definition) is 1. The van der Waals surface area contributed by atoms with Gasteiger partial charge in [0.15, 0.2) is 0 Å². The lowest BCUT2D eigenvalue weighted by atomic mass is 9.87. The number of rotatable bonds is 7. The lowest BCUT2D eigenvalue weighted by Gasteiger charge is -2.36. The van der Waals surface area contributed by atoms with E-state index in [1.54, 1.807) is 18.2 Å². The number of carbonyl (C=O) groups is 2. The van der Waals surface area contributed by atoms with Crippen LogP contribution in [-0.4, -0.2) is 34.0 Å². The minimum absolute atomic E-state index is 0.184. The van der Waals surface area contributed by atoms with Gasteiger partial charge in [-0.1, -0.05) is 35.9 Å². The highest BCUT2D eigenvalue weighted by atomic mass is 35.5. The SMILES string of the molecule is C[C@]1(Cc2ccc(Cl)cc2)CCc2cc(C(=O)N(CC(=O)O)Cc3cccc(C(F)(F)F)c3)ccc2O1. The monoisotopic (exact) mass is 531 g/mol. The van der Waals surface area contributed by atoms with Gasteiger partial charge in [0.25, 0.3) is 5.91 Å². The van der Waals surface area contributed by atoms with Gasteiger partial charge in [-0.2, -0.15) is 13.2 Å². The van der Waals surface area contributed by atoms with Crippen molar-refractivity contribution in [2.45, 2.75) is 44.5 Å². The molecule has 0 fully saturated rings. The Morgan fingerprint density at radius 2 is 1.78 bits per heavy atom. The molecular formula is C28H25ClF3NO4. The number of carbonyl (C=O) groups excluding carboxylic acids is 1. The molecule has 0 radical (unpaired) electrons. The lowest BCUT2D eigenvalue weighted by molar-refractivity contribution is -0.139. The average Bonchev–Trinajstić information content (AvgIpc) is 2.83. The lowest BCUT2D eigenvalue weighted by Crippen LogP contribution is -2.39. The molecule has 0 saturated carbocycles. The van der Waals surface area contributed by atoms with E-state index in [0.29, 0.717) is 30.0 Å². The third kappa shape index (κ3) is 6.63. The Balaban J connectivity index is 1.52. The van der Waals surface area contributed by atoms with Crippen LogP contribution in [0.4, 0.5) is 13.2 Å². The van der Waals surface area contributed by atoms with E-state index < -0.39 is 35.8 Å². The van der Waals surface area contributed by atoms with Crippen LogP contribution < -0.4 is 4.74 Å². The van der Waals surface area contributed by atoms with E-state index in [1.165, 1.54) is 12.1 Å². The molecule has 37 heavy (non-hydrogen) atoms. The number of carboxylic acids is 1. The molecule has 1 heterocycles. The number of hydrogen-bond acceptors (Lipinski definition) is 3.